The third-order valence-electron chi connectivity index (χ3n) is 5.95. The van der Waals surface area contributed by atoms with Crippen LogP contribution in [0.1, 0.15) is 64.2 Å². The zero-order valence-electron chi connectivity index (χ0n) is 17.6. The van der Waals surface area contributed by atoms with Crippen molar-refractivity contribution in [2.75, 3.05) is 33.5 Å². The van der Waals surface area contributed by atoms with Gasteiger partial charge in [-0.1, -0.05) is 0 Å². The Morgan fingerprint density at radius 1 is 0.897 bits per heavy atom. The molecule has 166 valence electrons. The highest BCUT2D eigenvalue weighted by atomic mass is 16.7. The molecule has 8 heteroatoms. The van der Waals surface area contributed by atoms with Crippen LogP contribution < -0.4 is 5.32 Å². The van der Waals surface area contributed by atoms with Crippen LogP contribution in [0.15, 0.2) is 0 Å². The second-order valence-electron chi connectivity index (χ2n) is 8.26. The molecule has 0 unspecified atom stereocenters. The summed E-state index contributed by atoms with van der Waals surface area (Å²) in [6, 6.07) is 0.455. The minimum absolute atomic E-state index is 0.0390. The monoisotopic (exact) mass is 412 g/mol. The van der Waals surface area contributed by atoms with Crippen LogP contribution in [0, 0.1) is 0 Å². The number of likely N-dealkylation sites (N-methyl/N-ethyl adjacent to an activating group) is 1. The number of carbonyl (C=O) groups excluding carboxylic acids is 2. The lowest BCUT2D eigenvalue weighted by Gasteiger charge is -2.26. The molecule has 4 saturated heterocycles. The first-order chi connectivity index (χ1) is 14.1. The van der Waals surface area contributed by atoms with Crippen LogP contribution >= 0.6 is 0 Å². The second kappa shape index (κ2) is 11.8. The Hall–Kier alpha value is -1.22. The highest BCUT2D eigenvalue weighted by Crippen LogP contribution is 2.20. The number of nitrogens with one attached hydrogen (secondary N) is 1. The van der Waals surface area contributed by atoms with Gasteiger partial charge in [0.2, 0.25) is 11.8 Å². The lowest BCUT2D eigenvalue weighted by Crippen LogP contribution is -2.35. The lowest BCUT2D eigenvalue weighted by molar-refractivity contribution is -0.169. The van der Waals surface area contributed by atoms with Gasteiger partial charge in [-0.25, -0.2) is 0 Å². The second-order valence-corrected chi connectivity index (χ2v) is 8.26. The Balaban J connectivity index is 0.000000166. The number of amides is 2. The molecular formula is C21H36N2O6. The molecule has 4 atom stereocenters. The predicted molar refractivity (Wildman–Crippen MR) is 106 cm³/mol. The molecule has 0 spiro atoms. The van der Waals surface area contributed by atoms with Gasteiger partial charge in [0.25, 0.3) is 0 Å². The van der Waals surface area contributed by atoms with Gasteiger partial charge in [0, 0.05) is 33.1 Å². The number of likely N-dealkylation sites (tertiary alicyclic amines) is 1. The van der Waals surface area contributed by atoms with Crippen LogP contribution in [0.3, 0.4) is 0 Å². The summed E-state index contributed by atoms with van der Waals surface area (Å²) >= 11 is 0. The van der Waals surface area contributed by atoms with E-state index in [9.17, 15) is 9.59 Å². The first-order valence-corrected chi connectivity index (χ1v) is 11.1. The maximum Gasteiger partial charge on any atom is 0.222 e. The van der Waals surface area contributed by atoms with Crippen LogP contribution in [0.2, 0.25) is 0 Å². The standard InChI is InChI=1S/C11H19NO3.C10H17NO3/c1-12-9(5-6-10(12)13)8-15-11-4-2-3-7-14-11;12-9-5-4-8(11-9)7-14-10-3-1-2-6-13-10/h9,11H,2-8H2,1H3;8,10H,1-7H2,(H,11,12)/t9-,11-;8-,10-/m00/s1. The fourth-order valence-electron chi connectivity index (χ4n) is 3.99. The van der Waals surface area contributed by atoms with Gasteiger partial charge in [-0.05, 0) is 51.4 Å². The number of nitrogens with zero attached hydrogens (tertiary/aromatic N) is 1. The number of hydrogen-bond donors (Lipinski definition) is 1. The molecule has 4 aliphatic heterocycles. The highest BCUT2D eigenvalue weighted by Gasteiger charge is 2.28. The molecular weight excluding hydrogens is 376 g/mol. The fourth-order valence-corrected chi connectivity index (χ4v) is 3.99. The van der Waals surface area contributed by atoms with Gasteiger partial charge in [-0.2, -0.15) is 0 Å². The summed E-state index contributed by atoms with van der Waals surface area (Å²) in [5.41, 5.74) is 0. The zero-order chi connectivity index (χ0) is 20.5. The van der Waals surface area contributed by atoms with E-state index in [2.05, 4.69) is 5.32 Å². The van der Waals surface area contributed by atoms with Gasteiger partial charge in [0.15, 0.2) is 12.6 Å². The van der Waals surface area contributed by atoms with Crippen molar-refractivity contribution in [3.05, 3.63) is 0 Å². The Labute approximate surface area is 173 Å². The minimum Gasteiger partial charge on any atom is -0.353 e. The molecule has 4 heterocycles. The summed E-state index contributed by atoms with van der Waals surface area (Å²) in [4.78, 5) is 24.0. The molecule has 4 rings (SSSR count). The Kier molecular flexibility index (Phi) is 9.17. The van der Waals surface area contributed by atoms with Gasteiger partial charge in [-0.15, -0.1) is 0 Å². The van der Waals surface area contributed by atoms with Gasteiger partial charge in [-0.3, -0.25) is 9.59 Å². The van der Waals surface area contributed by atoms with E-state index in [0.717, 1.165) is 51.7 Å². The molecule has 1 N–H and O–H groups in total. The summed E-state index contributed by atoms with van der Waals surface area (Å²) in [7, 11) is 1.85. The van der Waals surface area contributed by atoms with E-state index in [1.165, 1.54) is 12.8 Å². The maximum absolute atomic E-state index is 11.3. The van der Waals surface area contributed by atoms with Crippen molar-refractivity contribution in [2.45, 2.75) is 88.9 Å². The predicted octanol–water partition coefficient (Wildman–Crippen LogP) is 1.96. The van der Waals surface area contributed by atoms with Crippen LogP contribution in [0.4, 0.5) is 0 Å². The molecule has 8 nitrogen and oxygen atoms in total. The maximum atomic E-state index is 11.3. The summed E-state index contributed by atoms with van der Waals surface area (Å²) in [6.45, 7) is 2.83. The molecule has 0 saturated carbocycles. The highest BCUT2D eigenvalue weighted by molar-refractivity contribution is 5.78. The van der Waals surface area contributed by atoms with Gasteiger partial charge < -0.3 is 29.2 Å². The van der Waals surface area contributed by atoms with Crippen molar-refractivity contribution in [1.29, 1.82) is 0 Å². The first-order valence-electron chi connectivity index (χ1n) is 11.1. The minimum atomic E-state index is -0.0405. The Bertz CT molecular complexity index is 519. The van der Waals surface area contributed by atoms with Gasteiger partial charge >= 0.3 is 0 Å². The van der Waals surface area contributed by atoms with E-state index >= 15 is 0 Å². The molecule has 0 aromatic carbocycles. The summed E-state index contributed by atoms with van der Waals surface area (Å²) in [5, 5.41) is 2.87. The third-order valence-corrected chi connectivity index (χ3v) is 5.95. The van der Waals surface area contributed by atoms with Crippen molar-refractivity contribution in [3.8, 4) is 0 Å². The zero-order valence-corrected chi connectivity index (χ0v) is 17.6. The van der Waals surface area contributed by atoms with E-state index in [1.807, 2.05) is 7.05 Å². The number of carbonyl (C=O) groups is 2. The normalized spacial score (nSPS) is 32.7. The van der Waals surface area contributed by atoms with Crippen LogP contribution in [0.25, 0.3) is 0 Å². The van der Waals surface area contributed by atoms with Crippen molar-refractivity contribution in [3.63, 3.8) is 0 Å². The summed E-state index contributed by atoms with van der Waals surface area (Å²) in [5.74, 6) is 0.372. The van der Waals surface area contributed by atoms with Crippen molar-refractivity contribution in [1.82, 2.24) is 10.2 Å². The quantitative estimate of drug-likeness (QED) is 0.718. The third kappa shape index (κ3) is 7.51. The first kappa shape index (κ1) is 22.5. The Morgan fingerprint density at radius 3 is 2.03 bits per heavy atom. The summed E-state index contributed by atoms with van der Waals surface area (Å²) in [6.07, 6.45) is 9.66. The van der Waals surface area contributed by atoms with Gasteiger partial charge in [0.1, 0.15) is 0 Å². The lowest BCUT2D eigenvalue weighted by atomic mass is 10.2. The van der Waals surface area contributed by atoms with Crippen molar-refractivity contribution < 1.29 is 28.5 Å². The van der Waals surface area contributed by atoms with Crippen LogP contribution in [0.5, 0.6) is 0 Å². The molecule has 2 amide bonds. The topological polar surface area (TPSA) is 86.3 Å². The number of rotatable bonds is 6. The molecule has 4 fully saturated rings. The van der Waals surface area contributed by atoms with E-state index in [-0.39, 0.29) is 36.5 Å². The van der Waals surface area contributed by atoms with Gasteiger partial charge in [0.05, 0.1) is 25.3 Å². The fraction of sp³-hybridized carbons (Fsp3) is 0.905. The van der Waals surface area contributed by atoms with E-state index in [4.69, 9.17) is 18.9 Å². The largest absolute Gasteiger partial charge is 0.353 e. The van der Waals surface area contributed by atoms with Crippen molar-refractivity contribution >= 4 is 11.8 Å². The number of ether oxygens (including phenoxy) is 4. The molecule has 29 heavy (non-hydrogen) atoms. The van der Waals surface area contributed by atoms with Crippen LogP contribution in [-0.4, -0.2) is 74.9 Å². The average molecular weight is 413 g/mol. The SMILES string of the molecule is CN1C(=O)CC[C@H]1CO[C@H]1CCCCO1.O=C1CC[C@@H](CO[C@H]2CCCCO2)N1. The van der Waals surface area contributed by atoms with Crippen LogP contribution in [-0.2, 0) is 28.5 Å². The van der Waals surface area contributed by atoms with E-state index in [0.29, 0.717) is 26.1 Å². The molecule has 4 aliphatic rings. The van der Waals surface area contributed by atoms with Crippen molar-refractivity contribution in [2.24, 2.45) is 0 Å². The molecule has 0 radical (unpaired) electrons. The molecule has 0 aromatic heterocycles. The molecule has 0 aliphatic carbocycles. The Morgan fingerprint density at radius 2 is 1.55 bits per heavy atom. The average Bonchev–Trinajstić information content (AvgIpc) is 3.32. The molecule has 0 bridgehead atoms. The molecule has 0 aromatic rings. The number of hydrogen-bond acceptors (Lipinski definition) is 6. The van der Waals surface area contributed by atoms with E-state index in [1.54, 1.807) is 4.90 Å². The smallest absolute Gasteiger partial charge is 0.222 e. The van der Waals surface area contributed by atoms with E-state index < -0.39 is 0 Å². The summed E-state index contributed by atoms with van der Waals surface area (Å²) < 4.78 is 22.2.